The highest BCUT2D eigenvalue weighted by Crippen LogP contribution is 2.34. The minimum Gasteiger partial charge on any atom is -0.486 e. The van der Waals surface area contributed by atoms with Crippen LogP contribution < -0.4 is 20.0 Å². The molecule has 7 rings (SSSR count). The highest BCUT2D eigenvalue weighted by atomic mass is 32.2. The number of carbonyl (C=O) groups excluding carboxylic acids is 2. The highest BCUT2D eigenvalue weighted by molar-refractivity contribution is 7.87. The summed E-state index contributed by atoms with van der Waals surface area (Å²) in [5.74, 6) is -3.22. The number of nitrogens with zero attached hydrogens (tertiary/aromatic N) is 4. The molecule has 1 aromatic heterocycles. The molecule has 4 aliphatic rings. The second kappa shape index (κ2) is 13.9. The summed E-state index contributed by atoms with van der Waals surface area (Å²) >= 11 is 0. The molecule has 3 aromatic rings. The number of methoxy groups -OCH3 is 1. The molecule has 13 nitrogen and oxygen atoms in total. The van der Waals surface area contributed by atoms with E-state index < -0.39 is 39.2 Å². The highest BCUT2D eigenvalue weighted by Gasteiger charge is 2.34. The van der Waals surface area contributed by atoms with Gasteiger partial charge in [0.25, 0.3) is 11.8 Å². The van der Waals surface area contributed by atoms with E-state index in [0.29, 0.717) is 49.9 Å². The van der Waals surface area contributed by atoms with Crippen LogP contribution in [-0.2, 0) is 27.9 Å². The summed E-state index contributed by atoms with van der Waals surface area (Å²) in [4.78, 5) is 46.2. The smallest absolute Gasteiger partial charge is 0.341 e. The Hall–Kier alpha value is -4.05. The van der Waals surface area contributed by atoms with Crippen LogP contribution in [0.2, 0.25) is 0 Å². The SMILES string of the molecule is COC[C@H]1CN(c2ccc3c4c(c(=O)oc3c2)CN(C(=O)c2ccc(C(=O)NS(=O)(=O)N3CCCC3)c(OC3CCC3)c2F)CC4)CCN1C. The Bertz CT molecular complexity index is 1980. The van der Waals surface area contributed by atoms with Gasteiger partial charge in [-0.05, 0) is 75.4 Å². The predicted octanol–water partition coefficient (Wildman–Crippen LogP) is 2.90. The third kappa shape index (κ3) is 6.59. The number of likely N-dealkylation sites (N-methyl/N-ethyl adjacent to an activating group) is 1. The number of fused-ring (bicyclic) bond motifs is 3. The van der Waals surface area contributed by atoms with E-state index >= 15 is 4.39 Å². The lowest BCUT2D eigenvalue weighted by Gasteiger charge is -2.40. The van der Waals surface area contributed by atoms with Gasteiger partial charge in [-0.25, -0.2) is 13.9 Å². The molecular weight excluding hydrogens is 669 g/mol. The zero-order chi connectivity index (χ0) is 35.2. The van der Waals surface area contributed by atoms with Gasteiger partial charge in [0.1, 0.15) is 5.58 Å². The third-order valence-electron chi connectivity index (χ3n) is 10.4. The van der Waals surface area contributed by atoms with Gasteiger partial charge in [-0.1, -0.05) is 0 Å². The first-order chi connectivity index (χ1) is 24.0. The number of halogens is 1. The van der Waals surface area contributed by atoms with E-state index in [-0.39, 0.29) is 49.5 Å². The normalized spacial score (nSPS) is 20.5. The molecule has 50 heavy (non-hydrogen) atoms. The minimum absolute atomic E-state index is 0.0834. The van der Waals surface area contributed by atoms with Gasteiger partial charge in [-0.15, -0.1) is 0 Å². The third-order valence-corrected chi connectivity index (χ3v) is 11.9. The van der Waals surface area contributed by atoms with Crippen molar-refractivity contribution >= 4 is 38.7 Å². The van der Waals surface area contributed by atoms with Gasteiger partial charge in [-0.3, -0.25) is 14.5 Å². The van der Waals surface area contributed by atoms with Crippen LogP contribution in [0.1, 0.15) is 63.9 Å². The van der Waals surface area contributed by atoms with Gasteiger partial charge in [0.05, 0.1) is 42.0 Å². The van der Waals surface area contributed by atoms with Gasteiger partial charge >= 0.3 is 15.8 Å². The van der Waals surface area contributed by atoms with Crippen LogP contribution in [0.25, 0.3) is 11.0 Å². The Balaban J connectivity index is 1.13. The van der Waals surface area contributed by atoms with Gasteiger partial charge in [0, 0.05) is 63.5 Å². The van der Waals surface area contributed by atoms with Crippen LogP contribution in [-0.4, -0.2) is 107 Å². The van der Waals surface area contributed by atoms with Crippen molar-refractivity contribution < 1.29 is 36.3 Å². The van der Waals surface area contributed by atoms with Crippen molar-refractivity contribution in [3.8, 4) is 5.75 Å². The molecule has 1 saturated carbocycles. The van der Waals surface area contributed by atoms with Crippen LogP contribution in [0.15, 0.2) is 39.5 Å². The molecule has 0 unspecified atom stereocenters. The molecule has 1 atom stereocenters. The van der Waals surface area contributed by atoms with Crippen molar-refractivity contribution in [1.82, 2.24) is 18.8 Å². The summed E-state index contributed by atoms with van der Waals surface area (Å²) in [5, 5.41) is 0.791. The minimum atomic E-state index is -4.13. The molecule has 0 radical (unpaired) electrons. The van der Waals surface area contributed by atoms with Crippen molar-refractivity contribution in [1.29, 1.82) is 0 Å². The van der Waals surface area contributed by atoms with E-state index in [9.17, 15) is 22.8 Å². The summed E-state index contributed by atoms with van der Waals surface area (Å²) < 4.78 is 62.0. The number of benzene rings is 2. The topological polar surface area (TPSA) is 142 Å². The van der Waals surface area contributed by atoms with Crippen LogP contribution in [0, 0.1) is 5.82 Å². The monoisotopic (exact) mass is 711 g/mol. The second-order valence-electron chi connectivity index (χ2n) is 13.6. The molecule has 1 N–H and O–H groups in total. The van der Waals surface area contributed by atoms with Gasteiger partial charge in [0.15, 0.2) is 11.6 Å². The summed E-state index contributed by atoms with van der Waals surface area (Å²) in [7, 11) is -0.359. The molecule has 4 heterocycles. The lowest BCUT2D eigenvalue weighted by Crippen LogP contribution is -2.53. The standard InChI is InChI=1S/C35H42FN5O8S/c1-38-16-17-39(19-23(38)21-47-2)22-8-9-26-25-12-15-40(20-29(25)35(44)49-30(26)18-22)34(43)27-10-11-28(32(31(27)36)48-24-6-5-7-24)33(42)37-50(45,46)41-13-3-4-14-41/h8-11,18,23-24H,3-7,12-17,19-21H2,1-2H3,(H,37,42)/t23-/m1/s1. The molecule has 0 bridgehead atoms. The van der Waals surface area contributed by atoms with Crippen LogP contribution >= 0.6 is 0 Å². The predicted molar refractivity (Wildman–Crippen MR) is 183 cm³/mol. The van der Waals surface area contributed by atoms with Gasteiger partial charge < -0.3 is 23.7 Å². The molecule has 2 saturated heterocycles. The maximum absolute atomic E-state index is 16.2. The zero-order valence-electron chi connectivity index (χ0n) is 28.3. The number of amides is 2. The first-order valence-corrected chi connectivity index (χ1v) is 18.6. The summed E-state index contributed by atoms with van der Waals surface area (Å²) in [6.07, 6.45) is 3.51. The molecule has 3 fully saturated rings. The van der Waals surface area contributed by atoms with Crippen LogP contribution in [0.5, 0.6) is 5.75 Å². The van der Waals surface area contributed by atoms with Crippen molar-refractivity contribution in [2.75, 3.05) is 64.9 Å². The maximum atomic E-state index is 16.2. The van der Waals surface area contributed by atoms with E-state index in [0.717, 1.165) is 48.8 Å². The number of rotatable bonds is 9. The Morgan fingerprint density at radius 2 is 1.76 bits per heavy atom. The number of piperazine rings is 1. The van der Waals surface area contributed by atoms with Crippen LogP contribution in [0.3, 0.4) is 0 Å². The Kier molecular flexibility index (Phi) is 9.58. The molecule has 15 heteroatoms. The summed E-state index contributed by atoms with van der Waals surface area (Å²) in [6, 6.07) is 8.47. The zero-order valence-corrected chi connectivity index (χ0v) is 29.1. The molecule has 2 aromatic carbocycles. The quantitative estimate of drug-likeness (QED) is 0.330. The fourth-order valence-electron chi connectivity index (χ4n) is 7.18. The number of ether oxygens (including phenoxy) is 2. The van der Waals surface area contributed by atoms with E-state index in [2.05, 4.69) is 16.8 Å². The van der Waals surface area contributed by atoms with Crippen molar-refractivity contribution in [3.05, 3.63) is 68.8 Å². The largest absolute Gasteiger partial charge is 0.486 e. The number of carbonyl (C=O) groups is 2. The average molecular weight is 712 g/mol. The van der Waals surface area contributed by atoms with E-state index in [4.69, 9.17) is 13.9 Å². The molecule has 2 amide bonds. The Morgan fingerprint density at radius 1 is 1.00 bits per heavy atom. The van der Waals surface area contributed by atoms with Crippen LogP contribution in [0.4, 0.5) is 10.1 Å². The first-order valence-electron chi connectivity index (χ1n) is 17.2. The Labute approximate surface area is 290 Å². The number of hydrogen-bond donors (Lipinski definition) is 1. The number of anilines is 1. The molecule has 0 spiro atoms. The molecule has 1 aliphatic carbocycles. The van der Waals surface area contributed by atoms with Crippen molar-refractivity contribution in [2.45, 2.75) is 57.2 Å². The maximum Gasteiger partial charge on any atom is 0.341 e. The average Bonchev–Trinajstić information content (AvgIpc) is 3.64. The molecule has 268 valence electrons. The summed E-state index contributed by atoms with van der Waals surface area (Å²) in [6.45, 7) is 3.79. The van der Waals surface area contributed by atoms with Crippen molar-refractivity contribution in [3.63, 3.8) is 0 Å². The second-order valence-corrected chi connectivity index (χ2v) is 15.2. The first kappa shape index (κ1) is 34.4. The van der Waals surface area contributed by atoms with E-state index in [1.165, 1.54) is 15.3 Å². The number of nitrogens with one attached hydrogen (secondary N) is 1. The fourth-order valence-corrected chi connectivity index (χ4v) is 8.40. The Morgan fingerprint density at radius 3 is 2.48 bits per heavy atom. The van der Waals surface area contributed by atoms with Crippen molar-refractivity contribution in [2.24, 2.45) is 0 Å². The van der Waals surface area contributed by atoms with Gasteiger partial charge in [-0.2, -0.15) is 12.7 Å². The fraction of sp³-hybridized carbons (Fsp3) is 0.514. The summed E-state index contributed by atoms with van der Waals surface area (Å²) in [5.41, 5.74) is 1.34. The molecule has 3 aliphatic heterocycles. The lowest BCUT2D eigenvalue weighted by molar-refractivity contribution is 0.0721. The lowest BCUT2D eigenvalue weighted by atomic mass is 9.95. The van der Waals surface area contributed by atoms with E-state index in [1.54, 1.807) is 7.11 Å². The molecular formula is C35H42FN5O8S. The number of hydrogen-bond acceptors (Lipinski definition) is 10. The van der Waals surface area contributed by atoms with Gasteiger partial charge in [0.2, 0.25) is 0 Å². The van der Waals surface area contributed by atoms with E-state index in [1.807, 2.05) is 22.9 Å².